The van der Waals surface area contributed by atoms with E-state index < -0.39 is 17.5 Å². The topological polar surface area (TPSA) is 74.6 Å². The summed E-state index contributed by atoms with van der Waals surface area (Å²) in [6.07, 6.45) is 2.73. The minimum absolute atomic E-state index is 0.305. The molecule has 0 unspecified atom stereocenters. The van der Waals surface area contributed by atoms with E-state index in [1.807, 2.05) is 27.7 Å². The number of allylic oxidation sites excluding steroid dienone is 1. The highest BCUT2D eigenvalue weighted by Gasteiger charge is 2.34. The Hall–Kier alpha value is -1.32. The number of rotatable bonds is 7. The summed E-state index contributed by atoms with van der Waals surface area (Å²) in [4.78, 5) is 22.2. The second kappa shape index (κ2) is 6.42. The van der Waals surface area contributed by atoms with Gasteiger partial charge in [0.1, 0.15) is 5.57 Å². The van der Waals surface area contributed by atoms with Crippen LogP contribution in [0.5, 0.6) is 0 Å². The summed E-state index contributed by atoms with van der Waals surface area (Å²) in [6.45, 7) is 7.74. The Kier molecular flexibility index (Phi) is 5.93. The molecule has 0 bridgehead atoms. The van der Waals surface area contributed by atoms with Crippen molar-refractivity contribution >= 4 is 11.9 Å². The molecule has 0 atom stereocenters. The van der Waals surface area contributed by atoms with Crippen molar-refractivity contribution in [2.24, 2.45) is 5.41 Å². The highest BCUT2D eigenvalue weighted by atomic mass is 16.4. The second-order valence-electron chi connectivity index (χ2n) is 4.16. The molecule has 0 aromatic rings. The molecule has 0 radical (unpaired) electrons. The van der Waals surface area contributed by atoms with Crippen LogP contribution in [-0.2, 0) is 9.59 Å². The van der Waals surface area contributed by atoms with Gasteiger partial charge in [0.2, 0.25) is 0 Å². The van der Waals surface area contributed by atoms with Gasteiger partial charge >= 0.3 is 11.9 Å². The van der Waals surface area contributed by atoms with Gasteiger partial charge in [-0.1, -0.05) is 27.7 Å². The highest BCUT2D eigenvalue weighted by Crippen LogP contribution is 2.41. The van der Waals surface area contributed by atoms with Crippen LogP contribution >= 0.6 is 0 Å². The van der Waals surface area contributed by atoms with Crippen LogP contribution in [0.3, 0.4) is 0 Å². The van der Waals surface area contributed by atoms with Crippen molar-refractivity contribution in [3.8, 4) is 0 Å². The number of carboxylic acid groups (broad SMARTS) is 2. The molecule has 0 aliphatic heterocycles. The van der Waals surface area contributed by atoms with E-state index in [0.29, 0.717) is 12.0 Å². The predicted octanol–water partition coefficient (Wildman–Crippen LogP) is 3.08. The van der Waals surface area contributed by atoms with Crippen molar-refractivity contribution in [2.45, 2.75) is 53.4 Å². The molecule has 0 fully saturated rings. The molecule has 17 heavy (non-hydrogen) atoms. The third-order valence-corrected chi connectivity index (χ3v) is 3.75. The molecule has 0 amide bonds. The summed E-state index contributed by atoms with van der Waals surface area (Å²) in [5.41, 5.74) is -0.191. The molecule has 0 aliphatic carbocycles. The minimum atomic E-state index is -1.34. The van der Waals surface area contributed by atoms with Gasteiger partial charge in [-0.25, -0.2) is 9.59 Å². The van der Waals surface area contributed by atoms with E-state index in [1.165, 1.54) is 0 Å². The van der Waals surface area contributed by atoms with Crippen LogP contribution in [0.15, 0.2) is 11.1 Å². The lowest BCUT2D eigenvalue weighted by atomic mass is 9.70. The first-order valence-electron chi connectivity index (χ1n) is 6.10. The Morgan fingerprint density at radius 1 is 0.882 bits per heavy atom. The SMILES string of the molecule is CCC(=C(C(=O)O)C(=O)O)C(CC)(CC)CC. The fourth-order valence-electron chi connectivity index (χ4n) is 2.56. The molecule has 4 nitrogen and oxygen atoms in total. The summed E-state index contributed by atoms with van der Waals surface area (Å²) in [5.74, 6) is -2.68. The van der Waals surface area contributed by atoms with Crippen molar-refractivity contribution in [1.82, 2.24) is 0 Å². The molecule has 0 spiro atoms. The van der Waals surface area contributed by atoms with Crippen LogP contribution in [0.4, 0.5) is 0 Å². The van der Waals surface area contributed by atoms with Gasteiger partial charge in [-0.3, -0.25) is 0 Å². The molecule has 2 N–H and O–H groups in total. The van der Waals surface area contributed by atoms with Gasteiger partial charge in [-0.2, -0.15) is 0 Å². The standard InChI is InChI=1S/C13H22O4/c1-5-9(10(11(14)15)12(16)17)13(6-2,7-3)8-4/h5-8H2,1-4H3,(H,14,15)(H,16,17). The van der Waals surface area contributed by atoms with Gasteiger partial charge in [-0.15, -0.1) is 0 Å². The number of hydrogen-bond donors (Lipinski definition) is 2. The van der Waals surface area contributed by atoms with E-state index in [4.69, 9.17) is 10.2 Å². The summed E-state index contributed by atoms with van der Waals surface area (Å²) >= 11 is 0. The van der Waals surface area contributed by atoms with Gasteiger partial charge in [0.25, 0.3) is 0 Å². The van der Waals surface area contributed by atoms with E-state index in [1.54, 1.807) is 0 Å². The number of hydrogen-bond acceptors (Lipinski definition) is 2. The third kappa shape index (κ3) is 3.08. The van der Waals surface area contributed by atoms with Crippen LogP contribution in [0.2, 0.25) is 0 Å². The second-order valence-corrected chi connectivity index (χ2v) is 4.16. The van der Waals surface area contributed by atoms with Crippen molar-refractivity contribution in [3.63, 3.8) is 0 Å². The summed E-state index contributed by atoms with van der Waals surface area (Å²) in [5, 5.41) is 18.1. The largest absolute Gasteiger partial charge is 0.477 e. The Morgan fingerprint density at radius 3 is 1.41 bits per heavy atom. The van der Waals surface area contributed by atoms with Crippen LogP contribution in [-0.4, -0.2) is 22.2 Å². The monoisotopic (exact) mass is 242 g/mol. The Balaban J connectivity index is 5.93. The Bertz CT molecular complexity index is 300. The zero-order valence-corrected chi connectivity index (χ0v) is 11.0. The lowest BCUT2D eigenvalue weighted by molar-refractivity contribution is -0.140. The predicted molar refractivity (Wildman–Crippen MR) is 65.9 cm³/mol. The number of carboxylic acids is 2. The quantitative estimate of drug-likeness (QED) is 0.408. The van der Waals surface area contributed by atoms with E-state index in [0.717, 1.165) is 19.3 Å². The Morgan fingerprint density at radius 2 is 1.24 bits per heavy atom. The van der Waals surface area contributed by atoms with Gasteiger partial charge in [0.05, 0.1) is 0 Å². The molecule has 0 saturated heterocycles. The molecule has 4 heteroatoms. The van der Waals surface area contributed by atoms with Gasteiger partial charge in [0.15, 0.2) is 0 Å². The zero-order chi connectivity index (χ0) is 13.6. The van der Waals surface area contributed by atoms with E-state index in [9.17, 15) is 9.59 Å². The zero-order valence-electron chi connectivity index (χ0n) is 11.0. The average molecular weight is 242 g/mol. The van der Waals surface area contributed by atoms with Crippen LogP contribution in [0, 0.1) is 5.41 Å². The van der Waals surface area contributed by atoms with Gasteiger partial charge in [0, 0.05) is 0 Å². The smallest absolute Gasteiger partial charge is 0.343 e. The number of aliphatic carboxylic acids is 2. The molecule has 0 aliphatic rings. The van der Waals surface area contributed by atoms with Crippen molar-refractivity contribution in [3.05, 3.63) is 11.1 Å². The summed E-state index contributed by atoms with van der Waals surface area (Å²) < 4.78 is 0. The van der Waals surface area contributed by atoms with E-state index >= 15 is 0 Å². The maximum Gasteiger partial charge on any atom is 0.343 e. The highest BCUT2D eigenvalue weighted by molar-refractivity contribution is 6.13. The van der Waals surface area contributed by atoms with E-state index in [-0.39, 0.29) is 5.41 Å². The van der Waals surface area contributed by atoms with Crippen LogP contribution < -0.4 is 0 Å². The summed E-state index contributed by atoms with van der Waals surface area (Å²) in [6, 6.07) is 0. The lowest BCUT2D eigenvalue weighted by Gasteiger charge is -2.34. The average Bonchev–Trinajstić information content (AvgIpc) is 2.29. The molecule has 0 aromatic heterocycles. The maximum atomic E-state index is 11.1. The molecular formula is C13H22O4. The molecule has 0 saturated carbocycles. The minimum Gasteiger partial charge on any atom is -0.477 e. The normalized spacial score (nSPS) is 11.1. The third-order valence-electron chi connectivity index (χ3n) is 3.75. The lowest BCUT2D eigenvalue weighted by Crippen LogP contribution is -2.27. The first-order valence-corrected chi connectivity index (χ1v) is 6.10. The Labute approximate surface area is 102 Å². The van der Waals surface area contributed by atoms with E-state index in [2.05, 4.69) is 0 Å². The molecule has 0 aromatic carbocycles. The summed E-state index contributed by atoms with van der Waals surface area (Å²) in [7, 11) is 0. The molecular weight excluding hydrogens is 220 g/mol. The number of carbonyl (C=O) groups is 2. The van der Waals surface area contributed by atoms with Crippen molar-refractivity contribution in [2.75, 3.05) is 0 Å². The molecule has 98 valence electrons. The maximum absolute atomic E-state index is 11.1. The van der Waals surface area contributed by atoms with Gasteiger partial charge < -0.3 is 10.2 Å². The van der Waals surface area contributed by atoms with Crippen molar-refractivity contribution < 1.29 is 19.8 Å². The fourth-order valence-corrected chi connectivity index (χ4v) is 2.56. The first-order chi connectivity index (χ1) is 7.90. The first kappa shape index (κ1) is 15.7. The van der Waals surface area contributed by atoms with Crippen LogP contribution in [0.1, 0.15) is 53.4 Å². The van der Waals surface area contributed by atoms with Crippen molar-refractivity contribution in [1.29, 1.82) is 0 Å². The fraction of sp³-hybridized carbons (Fsp3) is 0.692. The van der Waals surface area contributed by atoms with Crippen LogP contribution in [0.25, 0.3) is 0 Å². The van der Waals surface area contributed by atoms with Gasteiger partial charge in [-0.05, 0) is 36.7 Å². The molecule has 0 rings (SSSR count). The molecule has 0 heterocycles.